The Bertz CT molecular complexity index is 681. The molecule has 0 saturated carbocycles. The van der Waals surface area contributed by atoms with E-state index in [1.165, 1.54) is 6.33 Å². The predicted molar refractivity (Wildman–Crippen MR) is 84.6 cm³/mol. The summed E-state index contributed by atoms with van der Waals surface area (Å²) in [7, 11) is 0. The number of aromatic nitrogens is 4. The van der Waals surface area contributed by atoms with Crippen LogP contribution in [0.15, 0.2) is 12.7 Å². The number of ether oxygens (including phenoxy) is 1. The number of fused-ring (bicyclic) bond motifs is 1. The van der Waals surface area contributed by atoms with Crippen molar-refractivity contribution in [1.29, 1.82) is 0 Å². The largest absolute Gasteiger partial charge is 0.382 e. The average Bonchev–Trinajstić information content (AvgIpc) is 2.98. The van der Waals surface area contributed by atoms with E-state index in [9.17, 15) is 4.79 Å². The molecular weight excluding hydrogens is 298 g/mol. The Morgan fingerprint density at radius 3 is 3.22 bits per heavy atom. The Labute approximate surface area is 133 Å². The quantitative estimate of drug-likeness (QED) is 0.666. The number of nitrogens with two attached hydrogens (primary N) is 1. The molecule has 9 nitrogen and oxygen atoms in total. The number of nitrogens with one attached hydrogen (secondary N) is 2. The number of rotatable bonds is 5. The van der Waals surface area contributed by atoms with Gasteiger partial charge in [0, 0.05) is 26.1 Å². The number of nitrogens with zero attached hydrogens (tertiary/aromatic N) is 4. The smallest absolute Gasteiger partial charge is 0.222 e. The Morgan fingerprint density at radius 2 is 2.43 bits per heavy atom. The summed E-state index contributed by atoms with van der Waals surface area (Å²) in [6, 6.07) is -0.0344. The van der Waals surface area contributed by atoms with E-state index in [0.717, 1.165) is 13.1 Å². The fraction of sp³-hybridized carbons (Fsp3) is 0.571. The van der Waals surface area contributed by atoms with Gasteiger partial charge in [0.1, 0.15) is 11.8 Å². The zero-order valence-electron chi connectivity index (χ0n) is 13.0. The van der Waals surface area contributed by atoms with Gasteiger partial charge in [-0.25, -0.2) is 15.0 Å². The van der Waals surface area contributed by atoms with E-state index in [0.29, 0.717) is 36.6 Å². The molecule has 23 heavy (non-hydrogen) atoms. The third kappa shape index (κ3) is 3.57. The Hall–Kier alpha value is -2.26. The molecule has 9 heteroatoms. The van der Waals surface area contributed by atoms with Crippen LogP contribution in [0.5, 0.6) is 0 Å². The number of anilines is 1. The van der Waals surface area contributed by atoms with Gasteiger partial charge >= 0.3 is 0 Å². The molecule has 2 atom stereocenters. The van der Waals surface area contributed by atoms with E-state index in [-0.39, 0.29) is 18.1 Å². The summed E-state index contributed by atoms with van der Waals surface area (Å²) in [5, 5.41) is 6.23. The fourth-order valence-electron chi connectivity index (χ4n) is 2.61. The maximum atomic E-state index is 12.1. The minimum atomic E-state index is -0.0344. The van der Waals surface area contributed by atoms with Gasteiger partial charge in [-0.3, -0.25) is 4.79 Å². The molecule has 1 aliphatic heterocycles. The number of aryl methyl sites for hydroxylation is 1. The minimum Gasteiger partial charge on any atom is -0.382 e. The molecule has 3 rings (SSSR count). The van der Waals surface area contributed by atoms with E-state index in [4.69, 9.17) is 10.5 Å². The van der Waals surface area contributed by atoms with Crippen molar-refractivity contribution in [3.63, 3.8) is 0 Å². The first-order chi connectivity index (χ1) is 11.1. The van der Waals surface area contributed by atoms with Crippen LogP contribution in [-0.2, 0) is 16.1 Å². The van der Waals surface area contributed by atoms with Crippen LogP contribution in [0.1, 0.15) is 13.3 Å². The lowest BCUT2D eigenvalue weighted by Gasteiger charge is -2.29. The molecule has 1 saturated heterocycles. The summed E-state index contributed by atoms with van der Waals surface area (Å²) in [5.74, 6) is 0.310. The molecule has 4 N–H and O–H groups in total. The summed E-state index contributed by atoms with van der Waals surface area (Å²) < 4.78 is 7.44. The molecule has 0 spiro atoms. The molecule has 0 bridgehead atoms. The molecule has 0 aliphatic carbocycles. The van der Waals surface area contributed by atoms with Crippen LogP contribution in [0.25, 0.3) is 11.2 Å². The predicted octanol–water partition coefficient (Wildman–Crippen LogP) is -0.708. The minimum absolute atomic E-state index is 0.00862. The van der Waals surface area contributed by atoms with Crippen LogP contribution in [0.4, 0.5) is 5.82 Å². The van der Waals surface area contributed by atoms with Crippen molar-refractivity contribution < 1.29 is 9.53 Å². The summed E-state index contributed by atoms with van der Waals surface area (Å²) in [5.41, 5.74) is 6.94. The van der Waals surface area contributed by atoms with E-state index in [2.05, 4.69) is 25.6 Å². The monoisotopic (exact) mass is 319 g/mol. The van der Waals surface area contributed by atoms with Crippen molar-refractivity contribution in [3.05, 3.63) is 12.7 Å². The van der Waals surface area contributed by atoms with Crippen molar-refractivity contribution in [2.45, 2.75) is 32.0 Å². The number of nitrogen functional groups attached to an aromatic ring is 1. The number of carbonyl (C=O) groups is 1. The fourth-order valence-corrected chi connectivity index (χ4v) is 2.61. The second kappa shape index (κ2) is 6.88. The van der Waals surface area contributed by atoms with Crippen molar-refractivity contribution in [1.82, 2.24) is 30.2 Å². The van der Waals surface area contributed by atoms with Gasteiger partial charge in [0.2, 0.25) is 5.91 Å². The zero-order valence-corrected chi connectivity index (χ0v) is 13.0. The number of imidazole rings is 1. The average molecular weight is 319 g/mol. The standard InChI is InChI=1S/C14H21N7O2/c1-9(10-6-16-3-5-23-10)20-11(22)2-4-21-8-19-12-13(15)17-7-18-14(12)21/h7-10,16H,2-6H2,1H3,(H,20,22)(H2,15,17,18). The number of carbonyl (C=O) groups excluding carboxylic acids is 1. The molecule has 1 amide bonds. The van der Waals surface area contributed by atoms with Crippen LogP contribution in [-0.4, -0.2) is 57.3 Å². The summed E-state index contributed by atoms with van der Waals surface area (Å²) in [6.45, 7) is 4.72. The zero-order chi connectivity index (χ0) is 16.2. The lowest BCUT2D eigenvalue weighted by Crippen LogP contribution is -2.50. The van der Waals surface area contributed by atoms with Gasteiger partial charge in [-0.05, 0) is 6.92 Å². The Kier molecular flexibility index (Phi) is 4.68. The molecule has 0 aromatic carbocycles. The van der Waals surface area contributed by atoms with Crippen LogP contribution in [0.3, 0.4) is 0 Å². The summed E-state index contributed by atoms with van der Waals surface area (Å²) >= 11 is 0. The van der Waals surface area contributed by atoms with Crippen LogP contribution >= 0.6 is 0 Å². The second-order valence-electron chi connectivity index (χ2n) is 5.59. The van der Waals surface area contributed by atoms with Crippen molar-refractivity contribution in [2.24, 2.45) is 0 Å². The first kappa shape index (κ1) is 15.6. The normalized spacial score (nSPS) is 19.6. The second-order valence-corrected chi connectivity index (χ2v) is 5.59. The van der Waals surface area contributed by atoms with Gasteiger partial charge in [0.05, 0.1) is 25.1 Å². The highest BCUT2D eigenvalue weighted by molar-refractivity contribution is 5.81. The van der Waals surface area contributed by atoms with Gasteiger partial charge in [-0.1, -0.05) is 0 Å². The maximum Gasteiger partial charge on any atom is 0.222 e. The van der Waals surface area contributed by atoms with E-state index < -0.39 is 0 Å². The molecule has 0 radical (unpaired) electrons. The van der Waals surface area contributed by atoms with Crippen LogP contribution in [0, 0.1) is 0 Å². The first-order valence-electron chi connectivity index (χ1n) is 7.68. The van der Waals surface area contributed by atoms with E-state index >= 15 is 0 Å². The number of morpholine rings is 1. The molecule has 124 valence electrons. The Balaban J connectivity index is 1.54. The molecule has 2 aromatic rings. The van der Waals surface area contributed by atoms with E-state index in [1.54, 1.807) is 10.9 Å². The van der Waals surface area contributed by atoms with Gasteiger partial charge in [-0.15, -0.1) is 0 Å². The van der Waals surface area contributed by atoms with Crippen molar-refractivity contribution in [3.8, 4) is 0 Å². The molecule has 2 aromatic heterocycles. The number of hydrogen-bond acceptors (Lipinski definition) is 7. The molecular formula is C14H21N7O2. The third-order valence-corrected chi connectivity index (χ3v) is 3.91. The highest BCUT2D eigenvalue weighted by atomic mass is 16.5. The topological polar surface area (TPSA) is 120 Å². The SMILES string of the molecule is CC(NC(=O)CCn1cnc2c(N)ncnc21)C1CNCCO1. The highest BCUT2D eigenvalue weighted by Crippen LogP contribution is 2.14. The number of amides is 1. The first-order valence-corrected chi connectivity index (χ1v) is 7.68. The van der Waals surface area contributed by atoms with Gasteiger partial charge in [0.15, 0.2) is 11.5 Å². The lowest BCUT2D eigenvalue weighted by atomic mass is 10.1. The molecule has 2 unspecified atom stereocenters. The van der Waals surface area contributed by atoms with E-state index in [1.807, 2.05) is 6.92 Å². The maximum absolute atomic E-state index is 12.1. The van der Waals surface area contributed by atoms with Gasteiger partial charge in [-0.2, -0.15) is 0 Å². The van der Waals surface area contributed by atoms with Crippen molar-refractivity contribution in [2.75, 3.05) is 25.4 Å². The molecule has 1 aliphatic rings. The highest BCUT2D eigenvalue weighted by Gasteiger charge is 2.22. The van der Waals surface area contributed by atoms with Crippen LogP contribution in [0.2, 0.25) is 0 Å². The lowest BCUT2D eigenvalue weighted by molar-refractivity contribution is -0.123. The van der Waals surface area contributed by atoms with Gasteiger partial charge < -0.3 is 25.7 Å². The Morgan fingerprint density at radius 1 is 1.57 bits per heavy atom. The third-order valence-electron chi connectivity index (χ3n) is 3.91. The molecule has 1 fully saturated rings. The van der Waals surface area contributed by atoms with Gasteiger partial charge in [0.25, 0.3) is 0 Å². The molecule has 3 heterocycles. The van der Waals surface area contributed by atoms with Crippen LogP contribution < -0.4 is 16.4 Å². The summed E-state index contributed by atoms with van der Waals surface area (Å²) in [6.07, 6.45) is 3.36. The summed E-state index contributed by atoms with van der Waals surface area (Å²) in [4.78, 5) is 24.4. The van der Waals surface area contributed by atoms with Crippen molar-refractivity contribution >= 4 is 22.9 Å². The number of hydrogen-bond donors (Lipinski definition) is 3.